The monoisotopic (exact) mass is 220 g/mol. The van der Waals surface area contributed by atoms with Gasteiger partial charge in [0.1, 0.15) is 5.75 Å². The Morgan fingerprint density at radius 1 is 1.38 bits per heavy atom. The number of phenols is 1. The van der Waals surface area contributed by atoms with Crippen LogP contribution in [0.25, 0.3) is 0 Å². The Hall–Kier alpha value is -1.06. The van der Waals surface area contributed by atoms with Gasteiger partial charge in [0.15, 0.2) is 0 Å². The average molecular weight is 220 g/mol. The van der Waals surface area contributed by atoms with Crippen molar-refractivity contribution in [3.8, 4) is 5.75 Å². The van der Waals surface area contributed by atoms with Crippen LogP contribution < -0.4 is 5.32 Å². The number of piperazine rings is 1. The maximum Gasteiger partial charge on any atom is 0.115 e. The minimum absolute atomic E-state index is 0.344. The van der Waals surface area contributed by atoms with Crippen LogP contribution in [0.15, 0.2) is 24.3 Å². The summed E-state index contributed by atoms with van der Waals surface area (Å²) in [7, 11) is 0. The van der Waals surface area contributed by atoms with E-state index in [0.717, 1.165) is 26.2 Å². The van der Waals surface area contributed by atoms with E-state index in [1.165, 1.54) is 12.0 Å². The Bertz CT molecular complexity index is 323. The summed E-state index contributed by atoms with van der Waals surface area (Å²) in [4.78, 5) is 2.52. The molecule has 2 N–H and O–H groups in total. The number of nitrogens with one attached hydrogen (secondary N) is 1. The Morgan fingerprint density at radius 3 is 2.81 bits per heavy atom. The number of phenolic OH excluding ortho intramolecular Hbond substituents is 1. The zero-order valence-corrected chi connectivity index (χ0v) is 9.82. The largest absolute Gasteiger partial charge is 0.508 e. The second-order valence-corrected chi connectivity index (χ2v) is 4.40. The number of hydrogen-bond donors (Lipinski definition) is 2. The molecule has 1 aliphatic heterocycles. The van der Waals surface area contributed by atoms with Crippen molar-refractivity contribution in [3.63, 3.8) is 0 Å². The zero-order valence-electron chi connectivity index (χ0n) is 9.82. The van der Waals surface area contributed by atoms with E-state index < -0.39 is 0 Å². The number of rotatable bonds is 3. The molecule has 16 heavy (non-hydrogen) atoms. The first-order chi connectivity index (χ1) is 7.79. The lowest BCUT2D eigenvalue weighted by molar-refractivity contribution is 0.149. The van der Waals surface area contributed by atoms with E-state index in [1.54, 1.807) is 12.1 Å². The smallest absolute Gasteiger partial charge is 0.115 e. The van der Waals surface area contributed by atoms with Crippen LogP contribution in [0, 0.1) is 0 Å². The molecule has 0 amide bonds. The second-order valence-electron chi connectivity index (χ2n) is 4.40. The van der Waals surface area contributed by atoms with E-state index in [9.17, 15) is 5.11 Å². The molecule has 0 radical (unpaired) electrons. The topological polar surface area (TPSA) is 35.5 Å². The zero-order chi connectivity index (χ0) is 11.4. The van der Waals surface area contributed by atoms with E-state index in [0.29, 0.717) is 11.8 Å². The molecule has 1 saturated heterocycles. The fourth-order valence-corrected chi connectivity index (χ4v) is 2.25. The molecule has 1 fully saturated rings. The number of hydrogen-bond acceptors (Lipinski definition) is 3. The normalized spacial score (nSPS) is 22.2. The number of aromatic hydroxyl groups is 1. The van der Waals surface area contributed by atoms with Gasteiger partial charge in [0.25, 0.3) is 0 Å². The summed E-state index contributed by atoms with van der Waals surface area (Å²) in [5.74, 6) is 0.344. The highest BCUT2D eigenvalue weighted by atomic mass is 16.3. The lowest BCUT2D eigenvalue weighted by Crippen LogP contribution is -2.50. The molecule has 1 aromatic rings. The second kappa shape index (κ2) is 5.32. The third kappa shape index (κ3) is 2.74. The predicted octanol–water partition coefficient (Wildman–Crippen LogP) is 1.58. The Balaban J connectivity index is 1.99. The van der Waals surface area contributed by atoms with Crippen molar-refractivity contribution in [3.05, 3.63) is 29.8 Å². The summed E-state index contributed by atoms with van der Waals surface area (Å²) in [5, 5.41) is 12.7. The quantitative estimate of drug-likeness (QED) is 0.811. The van der Waals surface area contributed by atoms with Crippen molar-refractivity contribution in [2.45, 2.75) is 25.9 Å². The highest BCUT2D eigenvalue weighted by Gasteiger charge is 2.20. The lowest BCUT2D eigenvalue weighted by Gasteiger charge is -2.35. The molecule has 2 rings (SSSR count). The standard InChI is InChI=1S/C13H20N2O/c1-2-12-9-14-7-8-15(12)10-11-3-5-13(16)6-4-11/h3-6,12,14,16H,2,7-10H2,1H3. The first-order valence-electron chi connectivity index (χ1n) is 6.02. The first-order valence-corrected chi connectivity index (χ1v) is 6.02. The molecule has 1 atom stereocenters. The number of benzene rings is 1. The summed E-state index contributed by atoms with van der Waals surface area (Å²) in [6.07, 6.45) is 1.19. The summed E-state index contributed by atoms with van der Waals surface area (Å²) in [5.41, 5.74) is 1.28. The SMILES string of the molecule is CCC1CNCCN1Cc1ccc(O)cc1. The van der Waals surface area contributed by atoms with Gasteiger partial charge in [-0.05, 0) is 24.1 Å². The van der Waals surface area contributed by atoms with Gasteiger partial charge in [-0.2, -0.15) is 0 Å². The van der Waals surface area contributed by atoms with Crippen LogP contribution in [0.5, 0.6) is 5.75 Å². The van der Waals surface area contributed by atoms with Crippen LogP contribution in [-0.4, -0.2) is 35.7 Å². The van der Waals surface area contributed by atoms with Crippen molar-refractivity contribution < 1.29 is 5.11 Å². The van der Waals surface area contributed by atoms with Crippen LogP contribution in [0.1, 0.15) is 18.9 Å². The van der Waals surface area contributed by atoms with Gasteiger partial charge >= 0.3 is 0 Å². The van der Waals surface area contributed by atoms with Gasteiger partial charge in [0.05, 0.1) is 0 Å². The predicted molar refractivity (Wildman–Crippen MR) is 65.5 cm³/mol. The third-order valence-electron chi connectivity index (χ3n) is 3.27. The van der Waals surface area contributed by atoms with Crippen molar-refractivity contribution in [1.82, 2.24) is 10.2 Å². The molecular formula is C13H20N2O. The van der Waals surface area contributed by atoms with E-state index in [4.69, 9.17) is 0 Å². The van der Waals surface area contributed by atoms with Gasteiger partial charge in [0, 0.05) is 32.2 Å². The van der Waals surface area contributed by atoms with E-state index in [1.807, 2.05) is 12.1 Å². The maximum absolute atomic E-state index is 9.24. The summed E-state index contributed by atoms with van der Waals surface area (Å²) in [6, 6.07) is 8.17. The van der Waals surface area contributed by atoms with Crippen molar-refractivity contribution in [2.75, 3.05) is 19.6 Å². The number of nitrogens with zero attached hydrogens (tertiary/aromatic N) is 1. The molecular weight excluding hydrogens is 200 g/mol. The molecule has 3 nitrogen and oxygen atoms in total. The highest BCUT2D eigenvalue weighted by molar-refractivity contribution is 5.25. The minimum Gasteiger partial charge on any atom is -0.508 e. The van der Waals surface area contributed by atoms with Gasteiger partial charge in [0.2, 0.25) is 0 Å². The molecule has 0 aromatic heterocycles. The first kappa shape index (κ1) is 11.4. The van der Waals surface area contributed by atoms with Crippen LogP contribution in [-0.2, 0) is 6.54 Å². The third-order valence-corrected chi connectivity index (χ3v) is 3.27. The Kier molecular flexibility index (Phi) is 3.80. The highest BCUT2D eigenvalue weighted by Crippen LogP contribution is 2.15. The molecule has 0 spiro atoms. The summed E-state index contributed by atoms with van der Waals surface area (Å²) < 4.78 is 0. The van der Waals surface area contributed by atoms with Crippen LogP contribution in [0.3, 0.4) is 0 Å². The summed E-state index contributed by atoms with van der Waals surface area (Å²) in [6.45, 7) is 6.50. The lowest BCUT2D eigenvalue weighted by atomic mass is 10.1. The van der Waals surface area contributed by atoms with E-state index in [2.05, 4.69) is 17.1 Å². The van der Waals surface area contributed by atoms with Crippen molar-refractivity contribution in [1.29, 1.82) is 0 Å². The minimum atomic E-state index is 0.344. The van der Waals surface area contributed by atoms with Crippen LogP contribution in [0.2, 0.25) is 0 Å². The Labute approximate surface area is 97.1 Å². The van der Waals surface area contributed by atoms with Crippen molar-refractivity contribution >= 4 is 0 Å². The van der Waals surface area contributed by atoms with Crippen molar-refractivity contribution in [2.24, 2.45) is 0 Å². The van der Waals surface area contributed by atoms with Gasteiger partial charge in [-0.15, -0.1) is 0 Å². The fourth-order valence-electron chi connectivity index (χ4n) is 2.25. The molecule has 0 aliphatic carbocycles. The molecule has 0 bridgehead atoms. The Morgan fingerprint density at radius 2 is 2.12 bits per heavy atom. The van der Waals surface area contributed by atoms with Gasteiger partial charge in [-0.25, -0.2) is 0 Å². The molecule has 88 valence electrons. The van der Waals surface area contributed by atoms with E-state index >= 15 is 0 Å². The maximum atomic E-state index is 9.24. The fraction of sp³-hybridized carbons (Fsp3) is 0.538. The average Bonchev–Trinajstić information content (AvgIpc) is 2.33. The molecule has 1 heterocycles. The van der Waals surface area contributed by atoms with Gasteiger partial charge < -0.3 is 10.4 Å². The summed E-state index contributed by atoms with van der Waals surface area (Å²) >= 11 is 0. The molecule has 0 saturated carbocycles. The molecule has 1 aromatic carbocycles. The van der Waals surface area contributed by atoms with E-state index in [-0.39, 0.29) is 0 Å². The van der Waals surface area contributed by atoms with Gasteiger partial charge in [-0.3, -0.25) is 4.90 Å². The molecule has 3 heteroatoms. The van der Waals surface area contributed by atoms with Crippen LogP contribution >= 0.6 is 0 Å². The van der Waals surface area contributed by atoms with Crippen LogP contribution in [0.4, 0.5) is 0 Å². The molecule has 1 unspecified atom stereocenters. The van der Waals surface area contributed by atoms with Gasteiger partial charge in [-0.1, -0.05) is 19.1 Å². The molecule has 1 aliphatic rings.